The quantitative estimate of drug-likeness (QED) is 0.108. The molecule has 210 valence electrons. The van der Waals surface area contributed by atoms with E-state index in [0.29, 0.717) is 17.1 Å². The molecule has 0 amide bonds. The van der Waals surface area contributed by atoms with Gasteiger partial charge in [0.15, 0.2) is 16.7 Å². The summed E-state index contributed by atoms with van der Waals surface area (Å²) >= 11 is 10.3. The van der Waals surface area contributed by atoms with Crippen molar-refractivity contribution in [2.75, 3.05) is 18.9 Å². The fourth-order valence-electron chi connectivity index (χ4n) is 5.38. The van der Waals surface area contributed by atoms with E-state index in [1.807, 2.05) is 0 Å². The summed E-state index contributed by atoms with van der Waals surface area (Å²) in [4.78, 5) is 36.5. The molecule has 0 bridgehead atoms. The summed E-state index contributed by atoms with van der Waals surface area (Å²) in [7, 11) is -4.69. The molecular weight excluding hydrogens is 577 g/mol. The first-order valence-electron chi connectivity index (χ1n) is 11.9. The maximum Gasteiger partial charge on any atom is 0.472 e. The summed E-state index contributed by atoms with van der Waals surface area (Å²) in [6.45, 7) is 0.730. The minimum absolute atomic E-state index is 0.0200. The van der Waals surface area contributed by atoms with Gasteiger partial charge in [0.1, 0.15) is 35.3 Å². The lowest BCUT2D eigenvalue weighted by Crippen LogP contribution is -2.44. The van der Waals surface area contributed by atoms with Crippen molar-refractivity contribution in [2.24, 2.45) is 4.99 Å². The third kappa shape index (κ3) is 4.36. The number of hydrogen-bond donors (Lipinski definition) is 6. The Labute approximate surface area is 229 Å². The van der Waals surface area contributed by atoms with E-state index in [4.69, 9.17) is 48.7 Å². The molecular formula is C20H25N7O9PS2+. The van der Waals surface area contributed by atoms with Gasteiger partial charge in [-0.2, -0.15) is 9.48 Å². The Hall–Kier alpha value is -2.22. The molecule has 39 heavy (non-hydrogen) atoms. The highest BCUT2D eigenvalue weighted by molar-refractivity contribution is 7.71. The number of phosphoric acid groups is 1. The van der Waals surface area contributed by atoms with E-state index in [9.17, 15) is 24.5 Å². The van der Waals surface area contributed by atoms with Gasteiger partial charge in [0, 0.05) is 18.2 Å². The molecule has 9 atom stereocenters. The predicted molar refractivity (Wildman–Crippen MR) is 139 cm³/mol. The number of aliphatic hydroxyl groups is 2. The molecule has 5 unspecified atom stereocenters. The molecule has 6 heterocycles. The third-order valence-electron chi connectivity index (χ3n) is 7.31. The summed E-state index contributed by atoms with van der Waals surface area (Å²) in [6, 6.07) is -0.460. The summed E-state index contributed by atoms with van der Waals surface area (Å²) in [5.41, 5.74) is 6.33. The van der Waals surface area contributed by atoms with Gasteiger partial charge >= 0.3 is 13.5 Å². The van der Waals surface area contributed by atoms with Gasteiger partial charge < -0.3 is 30.3 Å². The Kier molecular flexibility index (Phi) is 6.52. The first-order chi connectivity index (χ1) is 18.4. The summed E-state index contributed by atoms with van der Waals surface area (Å²) in [5, 5.41) is 20.6. The lowest BCUT2D eigenvalue weighted by Gasteiger charge is -2.24. The number of quaternary nitrogens is 1. The van der Waals surface area contributed by atoms with E-state index in [1.165, 1.54) is 10.8 Å². The Balaban J connectivity index is 1.09. The first-order valence-corrected chi connectivity index (χ1v) is 14.2. The van der Waals surface area contributed by atoms with Crippen molar-refractivity contribution >= 4 is 56.1 Å². The minimum Gasteiger partial charge on any atom is -0.394 e. The average molecular weight is 603 g/mol. The molecule has 1 spiro atoms. The van der Waals surface area contributed by atoms with Crippen LogP contribution in [-0.4, -0.2) is 90.9 Å². The van der Waals surface area contributed by atoms with Gasteiger partial charge in [-0.25, -0.2) is 14.3 Å². The summed E-state index contributed by atoms with van der Waals surface area (Å²) in [6.07, 6.45) is -2.41. The molecule has 0 aromatic carbocycles. The molecule has 0 aliphatic carbocycles. The zero-order valence-corrected chi connectivity index (χ0v) is 22.8. The van der Waals surface area contributed by atoms with Crippen molar-refractivity contribution in [1.29, 1.82) is 0 Å². The molecule has 3 fully saturated rings. The van der Waals surface area contributed by atoms with Gasteiger partial charge in [0.2, 0.25) is 17.8 Å². The van der Waals surface area contributed by atoms with Crippen molar-refractivity contribution in [3.63, 3.8) is 0 Å². The van der Waals surface area contributed by atoms with Crippen molar-refractivity contribution in [3.05, 3.63) is 31.5 Å². The van der Waals surface area contributed by atoms with Gasteiger partial charge in [-0.3, -0.25) is 23.6 Å². The monoisotopic (exact) mass is 602 g/mol. The molecule has 3 saturated heterocycles. The van der Waals surface area contributed by atoms with Gasteiger partial charge in [-0.1, -0.05) is 24.4 Å². The van der Waals surface area contributed by atoms with E-state index in [0.717, 1.165) is 0 Å². The fraction of sp³-hybridized carbons (Fsp3) is 0.550. The highest BCUT2D eigenvalue weighted by atomic mass is 32.1. The smallest absolute Gasteiger partial charge is 0.394 e. The molecule has 16 nitrogen and oxygen atoms in total. The van der Waals surface area contributed by atoms with Crippen molar-refractivity contribution in [1.82, 2.24) is 24.0 Å². The van der Waals surface area contributed by atoms with Crippen LogP contribution >= 0.6 is 32.3 Å². The molecule has 0 saturated carbocycles. The van der Waals surface area contributed by atoms with Crippen LogP contribution in [0.2, 0.25) is 0 Å². The lowest BCUT2D eigenvalue weighted by molar-refractivity contribution is -0.0578. The van der Waals surface area contributed by atoms with Crippen LogP contribution in [0.25, 0.3) is 0 Å². The van der Waals surface area contributed by atoms with Gasteiger partial charge in [-0.15, -0.1) is 0 Å². The van der Waals surface area contributed by atoms with Crippen LogP contribution in [0, 0.1) is 16.2 Å². The largest absolute Gasteiger partial charge is 0.472 e. The van der Waals surface area contributed by atoms with Crippen LogP contribution in [-0.2, 0) is 23.1 Å². The van der Waals surface area contributed by atoms with E-state index in [2.05, 4.69) is 19.9 Å². The molecule has 0 radical (unpaired) electrons. The number of nitrogens with one attached hydrogen (secondary N) is 2. The van der Waals surface area contributed by atoms with Gasteiger partial charge in [0.25, 0.3) is 6.23 Å². The van der Waals surface area contributed by atoms with E-state index in [1.54, 1.807) is 13.3 Å². The third-order valence-corrected chi connectivity index (χ3v) is 9.03. The van der Waals surface area contributed by atoms with Crippen LogP contribution in [0.3, 0.4) is 0 Å². The Morgan fingerprint density at radius 2 is 2.10 bits per heavy atom. The van der Waals surface area contributed by atoms with Crippen LogP contribution in [0.4, 0.5) is 17.5 Å². The second kappa shape index (κ2) is 9.42. The highest BCUT2D eigenvalue weighted by Gasteiger charge is 2.80. The number of nitrogens with zero attached hydrogens (tertiary/aromatic N) is 4. The Bertz CT molecular complexity index is 1600. The molecule has 7 N–H and O–H groups in total. The number of rotatable bonds is 7. The molecule has 6 rings (SSSR count). The second-order valence-electron chi connectivity index (χ2n) is 9.68. The first kappa shape index (κ1) is 27.0. The molecule has 4 aliphatic rings. The average Bonchev–Trinajstić information content (AvgIpc) is 3.14. The van der Waals surface area contributed by atoms with E-state index < -0.39 is 69.6 Å². The van der Waals surface area contributed by atoms with Gasteiger partial charge in [0.05, 0.1) is 13.2 Å². The lowest BCUT2D eigenvalue weighted by atomic mass is 10.2. The number of aromatic amines is 2. The van der Waals surface area contributed by atoms with Crippen molar-refractivity contribution in [3.8, 4) is 0 Å². The highest BCUT2D eigenvalue weighted by Crippen LogP contribution is 2.57. The number of fused-ring (bicyclic) bond motifs is 5. The fourth-order valence-corrected chi connectivity index (χ4v) is 6.73. The number of nitrogen functional groups attached to an aromatic ring is 1. The number of ether oxygens (including phenoxy) is 2. The predicted octanol–water partition coefficient (Wildman–Crippen LogP) is 0.180. The number of aliphatic imine (C=N–C) groups is 1. The number of hydrogen-bond acceptors (Lipinski definition) is 13. The second-order valence-corrected chi connectivity index (χ2v) is 11.9. The van der Waals surface area contributed by atoms with Gasteiger partial charge in [-0.05, 0) is 6.92 Å². The van der Waals surface area contributed by atoms with E-state index >= 15 is 0 Å². The number of H-pyrrole nitrogens is 2. The number of aliphatic hydroxyl groups excluding tert-OH is 2. The minimum atomic E-state index is -4.69. The SMILES string of the molecule is Cc1cn([C@H]2CC(OP(=O)(O)OC[C@H]3O[C@@H]4C(C3O)[N+]43C=Nc4c3[nH]c(N)nc4=S)[C@@H](CO)O2)c(=O)[nH]c1=S. The Morgan fingerprint density at radius 3 is 2.79 bits per heavy atom. The standard InChI is InChI=1S/C20H24N7O9PS2/c1-7-3-26(20(30)25-16(7)38)11-2-8(9(4-28)34-11)36-37(31,32)33-5-10-14(29)13-18(35-10)27(13)6-22-12-15(27)23-19(21)24-17(12)39/h3,6,8-11,13-14,18,28-29H,2,4-5H2,1H3,(H4-,21,23,24,25,30,31,32,38,39)/p+1/t8?,9-,10-,11-,13?,14?,18-,27?/m1/s1. The molecule has 2 aromatic rings. The number of aryl methyl sites for hydroxylation is 1. The number of aromatic nitrogens is 4. The number of nitrogens with two attached hydrogens (primary N) is 1. The molecule has 4 aliphatic heterocycles. The molecule has 19 heteroatoms. The topological polar surface area (TPSA) is 220 Å². The number of anilines is 1. The van der Waals surface area contributed by atoms with Crippen molar-refractivity contribution in [2.45, 2.75) is 56.3 Å². The van der Waals surface area contributed by atoms with Crippen LogP contribution in [0.15, 0.2) is 16.0 Å². The van der Waals surface area contributed by atoms with Crippen LogP contribution < -0.4 is 15.9 Å². The van der Waals surface area contributed by atoms with Crippen LogP contribution in [0.1, 0.15) is 18.2 Å². The zero-order valence-electron chi connectivity index (χ0n) is 20.2. The zero-order chi connectivity index (χ0) is 27.9. The van der Waals surface area contributed by atoms with E-state index in [-0.39, 0.29) is 26.1 Å². The maximum atomic E-state index is 12.8. The number of phosphoric ester groups is 1. The molecule has 2 aromatic heterocycles. The normalized spacial score (nSPS) is 35.7. The Morgan fingerprint density at radius 1 is 1.33 bits per heavy atom. The summed E-state index contributed by atoms with van der Waals surface area (Å²) < 4.78 is 36.6. The summed E-state index contributed by atoms with van der Waals surface area (Å²) in [5.74, 6) is 0.659. The van der Waals surface area contributed by atoms with Crippen LogP contribution in [0.5, 0.6) is 0 Å². The van der Waals surface area contributed by atoms with Crippen molar-refractivity contribution < 1.29 is 38.2 Å². The maximum absolute atomic E-state index is 12.8.